The van der Waals surface area contributed by atoms with Gasteiger partial charge < -0.3 is 49.1 Å². The molecule has 2 unspecified atom stereocenters. The Morgan fingerprint density at radius 2 is 1.39 bits per heavy atom. The van der Waals surface area contributed by atoms with Crippen LogP contribution in [0.3, 0.4) is 0 Å². The lowest BCUT2D eigenvalue weighted by Crippen LogP contribution is -2.82. The molecule has 2 saturated carbocycles. The molecular formula is C51H55NO17. The molecule has 1 amide bonds. The molecule has 366 valence electrons. The standard InChI is InChI=1S/C51H55NO17/c1-27-33(66-47(62)40(58)39(30-16-10-7-11-17-30)52-45(60)31-18-12-8-13-19-31)25-51(63)44(68-46(61)32-20-14-9-15-21-32)42-49(6,43(59)41(65-28(2)53)38(27)48(51,4)5)34(67-37(57)23-22-36(55)56)24-35-50(42,26-64-35)69-29(3)54/h7-21,33-35,39-42,44,58,63H,22-26H2,1-6H3,(H,52,60)(H,55,56)/t33-,34-,35+,39-,40+,41+,42?,44?,49+,50-,51+/m0/s1. The van der Waals surface area contributed by atoms with Crippen LogP contribution in [0.1, 0.15) is 99.5 Å². The van der Waals surface area contributed by atoms with Crippen LogP contribution in [0.2, 0.25) is 0 Å². The van der Waals surface area contributed by atoms with Gasteiger partial charge in [-0.3, -0.25) is 28.8 Å². The van der Waals surface area contributed by atoms with E-state index < -0.39 is 144 Å². The highest BCUT2D eigenvalue weighted by molar-refractivity contribution is 5.96. The number of Topliss-reactive ketones (excluding diaryl/α,β-unsaturated/α-hetero) is 1. The summed E-state index contributed by atoms with van der Waals surface area (Å²) in [5.74, 6) is -9.77. The van der Waals surface area contributed by atoms with Crippen LogP contribution in [0.15, 0.2) is 102 Å². The number of benzene rings is 3. The zero-order chi connectivity index (χ0) is 50.2. The second-order valence-corrected chi connectivity index (χ2v) is 18.7. The second-order valence-electron chi connectivity index (χ2n) is 18.7. The average molecular weight is 954 g/mol. The maximum atomic E-state index is 16.0. The van der Waals surface area contributed by atoms with Gasteiger partial charge >= 0.3 is 35.8 Å². The summed E-state index contributed by atoms with van der Waals surface area (Å²) in [5.41, 5.74) is -7.87. The summed E-state index contributed by atoms with van der Waals surface area (Å²) in [6.45, 7) is 7.58. The number of aliphatic hydroxyl groups excluding tert-OH is 1. The van der Waals surface area contributed by atoms with Gasteiger partial charge in [-0.2, -0.15) is 0 Å². The van der Waals surface area contributed by atoms with Crippen molar-refractivity contribution < 1.29 is 82.1 Å². The zero-order valence-corrected chi connectivity index (χ0v) is 38.9. The molecule has 18 nitrogen and oxygen atoms in total. The van der Waals surface area contributed by atoms with Crippen molar-refractivity contribution in [1.82, 2.24) is 5.32 Å². The van der Waals surface area contributed by atoms with Gasteiger partial charge in [0.05, 0.1) is 42.4 Å². The Hall–Kier alpha value is -6.76. The molecule has 0 spiro atoms. The highest BCUT2D eigenvalue weighted by Crippen LogP contribution is 2.65. The molecule has 0 radical (unpaired) electrons. The van der Waals surface area contributed by atoms with Gasteiger partial charge in [0.1, 0.15) is 30.0 Å². The number of hydrogen-bond acceptors (Lipinski definition) is 16. The first-order valence-corrected chi connectivity index (χ1v) is 22.5. The number of aliphatic carboxylic acids is 1. The van der Waals surface area contributed by atoms with E-state index in [0.717, 1.165) is 13.8 Å². The van der Waals surface area contributed by atoms with Gasteiger partial charge in [-0.25, -0.2) is 9.59 Å². The molecule has 7 rings (SSSR count). The first-order chi connectivity index (χ1) is 32.6. The maximum Gasteiger partial charge on any atom is 0.338 e. The normalized spacial score (nSPS) is 29.7. The fraction of sp³-hybridized carbons (Fsp3) is 0.451. The molecule has 1 heterocycles. The van der Waals surface area contributed by atoms with Crippen LogP contribution in [0, 0.1) is 16.7 Å². The summed E-state index contributed by atoms with van der Waals surface area (Å²) >= 11 is 0. The van der Waals surface area contributed by atoms with Crippen LogP contribution >= 0.6 is 0 Å². The molecular weight excluding hydrogens is 899 g/mol. The fourth-order valence-electron chi connectivity index (χ4n) is 10.8. The number of hydrogen-bond donors (Lipinski definition) is 4. The van der Waals surface area contributed by atoms with Crippen molar-refractivity contribution in [3.8, 4) is 0 Å². The molecule has 3 aliphatic carbocycles. The molecule has 2 bridgehead atoms. The monoisotopic (exact) mass is 953 g/mol. The molecule has 4 aliphatic rings. The molecule has 3 aromatic rings. The molecule has 3 aromatic carbocycles. The van der Waals surface area contributed by atoms with Crippen LogP contribution in [0.5, 0.6) is 0 Å². The zero-order valence-electron chi connectivity index (χ0n) is 38.9. The predicted octanol–water partition coefficient (Wildman–Crippen LogP) is 4.15. The predicted molar refractivity (Wildman–Crippen MR) is 238 cm³/mol. The molecule has 0 aromatic heterocycles. The van der Waals surface area contributed by atoms with E-state index in [-0.39, 0.29) is 28.7 Å². The molecule has 18 heteroatoms. The van der Waals surface area contributed by atoms with Crippen molar-refractivity contribution >= 4 is 47.5 Å². The van der Waals surface area contributed by atoms with Crippen molar-refractivity contribution in [2.24, 2.45) is 16.7 Å². The van der Waals surface area contributed by atoms with E-state index in [1.165, 1.54) is 39.8 Å². The van der Waals surface area contributed by atoms with E-state index in [4.69, 9.17) is 28.4 Å². The Morgan fingerprint density at radius 3 is 1.94 bits per heavy atom. The van der Waals surface area contributed by atoms with E-state index in [1.807, 2.05) is 0 Å². The van der Waals surface area contributed by atoms with Crippen molar-refractivity contribution in [3.63, 3.8) is 0 Å². The lowest BCUT2D eigenvalue weighted by atomic mass is 9.44. The van der Waals surface area contributed by atoms with Gasteiger partial charge in [-0.15, -0.1) is 0 Å². The van der Waals surface area contributed by atoms with Crippen LogP contribution in [-0.4, -0.2) is 117 Å². The summed E-state index contributed by atoms with van der Waals surface area (Å²) in [6.07, 6.45) is -12.6. The van der Waals surface area contributed by atoms with Gasteiger partial charge in [0.2, 0.25) is 0 Å². The Morgan fingerprint density at radius 1 is 0.797 bits per heavy atom. The number of esters is 5. The lowest BCUT2D eigenvalue weighted by molar-refractivity contribution is -0.346. The van der Waals surface area contributed by atoms with Gasteiger partial charge in [0, 0.05) is 37.7 Å². The molecule has 69 heavy (non-hydrogen) atoms. The highest BCUT2D eigenvalue weighted by atomic mass is 16.6. The summed E-state index contributed by atoms with van der Waals surface area (Å²) in [4.78, 5) is 110. The number of rotatable bonds is 14. The Labute approximate surface area is 397 Å². The number of carbonyl (C=O) groups is 8. The molecule has 1 saturated heterocycles. The van der Waals surface area contributed by atoms with Crippen LogP contribution in [-0.2, 0) is 57.2 Å². The summed E-state index contributed by atoms with van der Waals surface area (Å²) in [7, 11) is 0. The van der Waals surface area contributed by atoms with E-state index in [0.29, 0.717) is 5.56 Å². The maximum absolute atomic E-state index is 16.0. The van der Waals surface area contributed by atoms with E-state index in [1.54, 1.807) is 78.9 Å². The number of nitrogens with one attached hydrogen (secondary N) is 1. The number of carboxylic acid groups (broad SMARTS) is 1. The quantitative estimate of drug-likeness (QED) is 0.100. The molecule has 4 N–H and O–H groups in total. The van der Waals surface area contributed by atoms with Crippen molar-refractivity contribution in [2.75, 3.05) is 6.61 Å². The Kier molecular flexibility index (Phi) is 14.0. The number of carbonyl (C=O) groups excluding carboxylic acids is 7. The smallest absolute Gasteiger partial charge is 0.338 e. The van der Waals surface area contributed by atoms with Crippen LogP contribution in [0.4, 0.5) is 0 Å². The Balaban J connectivity index is 1.42. The third-order valence-corrected chi connectivity index (χ3v) is 14.3. The number of amides is 1. The average Bonchev–Trinajstić information content (AvgIpc) is 3.30. The first kappa shape index (κ1) is 50.1. The summed E-state index contributed by atoms with van der Waals surface area (Å²) < 4.78 is 36.6. The fourth-order valence-corrected chi connectivity index (χ4v) is 10.8. The first-order valence-electron chi connectivity index (χ1n) is 22.5. The minimum absolute atomic E-state index is 0.000507. The minimum atomic E-state index is -2.52. The van der Waals surface area contributed by atoms with Gasteiger partial charge in [-0.05, 0) is 54.8 Å². The summed E-state index contributed by atoms with van der Waals surface area (Å²) in [5, 5.41) is 37.9. The molecule has 1 aliphatic heterocycles. The third-order valence-electron chi connectivity index (χ3n) is 14.3. The summed E-state index contributed by atoms with van der Waals surface area (Å²) in [6, 6.07) is 22.5. The molecule has 11 atom stereocenters. The van der Waals surface area contributed by atoms with E-state index in [9.17, 15) is 48.9 Å². The van der Waals surface area contributed by atoms with Crippen molar-refractivity contribution in [1.29, 1.82) is 0 Å². The Bertz CT molecular complexity index is 2550. The number of ketones is 1. The SMILES string of the molecule is CC(=O)O[C@H]1C(=O)[C@@]2(C)C(C(OC(=O)c3ccccc3)[C@]3(O)C[C@H](OC(=O)[C@H](O)[C@@H](NC(=O)c4ccccc4)c4ccccc4)C(C)=C1C3(C)C)[C@]1(OC(C)=O)CO[C@@H]1C[C@@H]2OC(=O)CCC(=O)O. The topological polar surface area (TPSA) is 265 Å². The number of carboxylic acids is 1. The van der Waals surface area contributed by atoms with Gasteiger partial charge in [0.15, 0.2) is 23.6 Å². The van der Waals surface area contributed by atoms with Crippen LogP contribution < -0.4 is 5.32 Å². The van der Waals surface area contributed by atoms with Crippen LogP contribution in [0.25, 0.3) is 0 Å². The van der Waals surface area contributed by atoms with Gasteiger partial charge in [-0.1, -0.05) is 80.6 Å². The van der Waals surface area contributed by atoms with E-state index in [2.05, 4.69) is 5.32 Å². The highest BCUT2D eigenvalue weighted by Gasteiger charge is 2.79. The van der Waals surface area contributed by atoms with Crippen molar-refractivity contribution in [3.05, 3.63) is 119 Å². The number of aliphatic hydroxyl groups is 2. The van der Waals surface area contributed by atoms with Crippen molar-refractivity contribution in [2.45, 2.75) is 121 Å². The third kappa shape index (κ3) is 9.15. The largest absolute Gasteiger partial charge is 0.481 e. The minimum Gasteiger partial charge on any atom is -0.481 e. The second kappa shape index (κ2) is 19.3. The number of fused-ring (bicyclic) bond motifs is 5. The molecule has 3 fully saturated rings. The lowest BCUT2D eigenvalue weighted by Gasteiger charge is -2.67. The number of ether oxygens (including phenoxy) is 6. The van der Waals surface area contributed by atoms with E-state index >= 15 is 4.79 Å². The van der Waals surface area contributed by atoms with Gasteiger partial charge in [0.25, 0.3) is 5.91 Å².